The molecule has 0 aromatic heterocycles. The standard InChI is InChI=1S/C46H86NO10P/c1-3-5-7-9-11-13-15-17-19-20-21-22-24-25-27-29-31-33-35-37-44(48)54-39-42(40-55-58(52,53)56-41-43(47)46(50)51)57-45(49)38-36-34-32-30-28-26-23-18-16-14-12-10-8-6-4-2/h12,14,18,23,42-43H,3-11,13,15-17,19-22,24-41,47H2,1-2H3,(H,50,51)(H,52,53)/b14-12-,23-18-. The van der Waals surface area contributed by atoms with Crippen molar-refractivity contribution in [3.8, 4) is 0 Å². The molecular weight excluding hydrogens is 757 g/mol. The van der Waals surface area contributed by atoms with E-state index in [1.807, 2.05) is 0 Å². The Morgan fingerprint density at radius 1 is 0.534 bits per heavy atom. The number of phosphoric acid groups is 1. The molecule has 11 nitrogen and oxygen atoms in total. The van der Waals surface area contributed by atoms with Crippen LogP contribution in [0.2, 0.25) is 0 Å². The number of carbonyl (C=O) groups excluding carboxylic acids is 2. The minimum absolute atomic E-state index is 0.148. The summed E-state index contributed by atoms with van der Waals surface area (Å²) in [6.45, 7) is 2.79. The second-order valence-electron chi connectivity index (χ2n) is 15.9. The van der Waals surface area contributed by atoms with E-state index in [4.69, 9.17) is 24.8 Å². The number of hydrogen-bond acceptors (Lipinski definition) is 9. The first-order valence-electron chi connectivity index (χ1n) is 23.4. The van der Waals surface area contributed by atoms with Crippen molar-refractivity contribution in [2.75, 3.05) is 19.8 Å². The third-order valence-corrected chi connectivity index (χ3v) is 11.2. The van der Waals surface area contributed by atoms with Crippen LogP contribution in [-0.4, -0.2) is 59.9 Å². The fourth-order valence-electron chi connectivity index (χ4n) is 6.51. The number of carboxylic acid groups (broad SMARTS) is 1. The van der Waals surface area contributed by atoms with Gasteiger partial charge in [0.1, 0.15) is 12.6 Å². The third kappa shape index (κ3) is 40.7. The first-order valence-corrected chi connectivity index (χ1v) is 24.9. The van der Waals surface area contributed by atoms with E-state index < -0.39 is 51.1 Å². The van der Waals surface area contributed by atoms with Crippen LogP contribution in [-0.2, 0) is 37.5 Å². The number of unbranched alkanes of at least 4 members (excludes halogenated alkanes) is 26. The molecule has 0 aromatic rings. The van der Waals surface area contributed by atoms with Crippen LogP contribution in [0.1, 0.15) is 219 Å². The Kier molecular flexibility index (Phi) is 40.2. The van der Waals surface area contributed by atoms with Crippen molar-refractivity contribution in [1.82, 2.24) is 0 Å². The number of nitrogens with two attached hydrogens (primary N) is 1. The van der Waals surface area contributed by atoms with Crippen molar-refractivity contribution in [2.45, 2.75) is 231 Å². The van der Waals surface area contributed by atoms with Gasteiger partial charge in [-0.1, -0.05) is 186 Å². The number of ether oxygens (including phenoxy) is 2. The van der Waals surface area contributed by atoms with Crippen molar-refractivity contribution in [2.24, 2.45) is 5.73 Å². The summed E-state index contributed by atoms with van der Waals surface area (Å²) in [7, 11) is -4.72. The minimum Gasteiger partial charge on any atom is -0.480 e. The topological polar surface area (TPSA) is 172 Å². The number of phosphoric ester groups is 1. The zero-order valence-corrected chi connectivity index (χ0v) is 37.8. The molecule has 12 heteroatoms. The van der Waals surface area contributed by atoms with Crippen LogP contribution in [0.4, 0.5) is 0 Å². The summed E-state index contributed by atoms with van der Waals surface area (Å²) in [4.78, 5) is 46.0. The molecule has 4 N–H and O–H groups in total. The van der Waals surface area contributed by atoms with Gasteiger partial charge in [0.15, 0.2) is 6.10 Å². The monoisotopic (exact) mass is 844 g/mol. The number of hydrogen-bond donors (Lipinski definition) is 3. The van der Waals surface area contributed by atoms with Crippen molar-refractivity contribution in [3.05, 3.63) is 24.3 Å². The van der Waals surface area contributed by atoms with E-state index in [9.17, 15) is 23.8 Å². The van der Waals surface area contributed by atoms with Crippen molar-refractivity contribution < 1.29 is 47.5 Å². The minimum atomic E-state index is -4.72. The van der Waals surface area contributed by atoms with Gasteiger partial charge in [0.05, 0.1) is 13.2 Å². The summed E-state index contributed by atoms with van der Waals surface area (Å²) in [5.41, 5.74) is 5.34. The second-order valence-corrected chi connectivity index (χ2v) is 17.3. The lowest BCUT2D eigenvalue weighted by molar-refractivity contribution is -0.161. The van der Waals surface area contributed by atoms with Crippen molar-refractivity contribution in [1.29, 1.82) is 0 Å². The van der Waals surface area contributed by atoms with Gasteiger partial charge in [-0.3, -0.25) is 23.4 Å². The number of carbonyl (C=O) groups is 3. The number of esters is 2. The molecule has 0 spiro atoms. The number of carboxylic acids is 1. The summed E-state index contributed by atoms with van der Waals surface area (Å²) in [5.74, 6) is -2.38. The number of aliphatic carboxylic acids is 1. The molecule has 0 bridgehead atoms. The predicted octanol–water partition coefficient (Wildman–Crippen LogP) is 12.6. The SMILES string of the molecule is CCCCC/C=C\C/C=C\CCCCCCCC(=O)OC(COC(=O)CCCCCCCCCCCCCCCCCCCCC)COP(=O)(O)OCC(N)C(=O)O. The van der Waals surface area contributed by atoms with Gasteiger partial charge in [-0.15, -0.1) is 0 Å². The van der Waals surface area contributed by atoms with E-state index in [1.165, 1.54) is 116 Å². The normalized spacial score (nSPS) is 13.9. The quantitative estimate of drug-likeness (QED) is 0.0231. The van der Waals surface area contributed by atoms with Gasteiger partial charge in [-0.25, -0.2) is 4.57 Å². The van der Waals surface area contributed by atoms with Crippen LogP contribution in [0.15, 0.2) is 24.3 Å². The molecular formula is C46H86NO10P. The maximum Gasteiger partial charge on any atom is 0.472 e. The molecule has 0 amide bonds. The largest absolute Gasteiger partial charge is 0.480 e. The van der Waals surface area contributed by atoms with Crippen LogP contribution in [0.5, 0.6) is 0 Å². The predicted molar refractivity (Wildman–Crippen MR) is 236 cm³/mol. The van der Waals surface area contributed by atoms with Gasteiger partial charge >= 0.3 is 25.7 Å². The Morgan fingerprint density at radius 3 is 1.38 bits per heavy atom. The molecule has 58 heavy (non-hydrogen) atoms. The molecule has 0 fully saturated rings. The fourth-order valence-corrected chi connectivity index (χ4v) is 7.29. The van der Waals surface area contributed by atoms with Gasteiger partial charge in [-0.05, 0) is 44.9 Å². The van der Waals surface area contributed by atoms with Crippen LogP contribution < -0.4 is 5.73 Å². The van der Waals surface area contributed by atoms with Gasteiger partial charge < -0.3 is 25.2 Å². The highest BCUT2D eigenvalue weighted by Gasteiger charge is 2.28. The van der Waals surface area contributed by atoms with Gasteiger partial charge in [0, 0.05) is 12.8 Å². The highest BCUT2D eigenvalue weighted by atomic mass is 31.2. The van der Waals surface area contributed by atoms with Crippen LogP contribution in [0.3, 0.4) is 0 Å². The third-order valence-electron chi connectivity index (χ3n) is 10.2. The first kappa shape index (κ1) is 56.0. The molecule has 0 aromatic carbocycles. The summed E-state index contributed by atoms with van der Waals surface area (Å²) in [5, 5.41) is 8.90. The van der Waals surface area contributed by atoms with E-state index in [0.717, 1.165) is 64.2 Å². The van der Waals surface area contributed by atoms with Crippen LogP contribution in [0.25, 0.3) is 0 Å². The molecule has 3 unspecified atom stereocenters. The summed E-state index contributed by atoms with van der Waals surface area (Å²) in [6.07, 6.45) is 43.8. The second kappa shape index (κ2) is 41.7. The maximum atomic E-state index is 12.6. The molecule has 0 rings (SSSR count). The Hall–Kier alpha value is -2.04. The van der Waals surface area contributed by atoms with Crippen molar-refractivity contribution >= 4 is 25.7 Å². The molecule has 0 saturated heterocycles. The highest BCUT2D eigenvalue weighted by Crippen LogP contribution is 2.43. The molecule has 0 aliphatic rings. The van der Waals surface area contributed by atoms with Gasteiger partial charge in [0.2, 0.25) is 0 Å². The van der Waals surface area contributed by atoms with Crippen LogP contribution >= 0.6 is 7.82 Å². The first-order chi connectivity index (χ1) is 28.1. The highest BCUT2D eigenvalue weighted by molar-refractivity contribution is 7.47. The molecule has 0 radical (unpaired) electrons. The Balaban J connectivity index is 4.29. The van der Waals surface area contributed by atoms with Crippen LogP contribution in [0, 0.1) is 0 Å². The van der Waals surface area contributed by atoms with E-state index in [0.29, 0.717) is 12.8 Å². The molecule has 3 atom stereocenters. The fraction of sp³-hybridized carbons (Fsp3) is 0.848. The zero-order chi connectivity index (χ0) is 42.8. The van der Waals surface area contributed by atoms with Gasteiger partial charge in [0.25, 0.3) is 0 Å². The molecule has 0 aliphatic carbocycles. The van der Waals surface area contributed by atoms with E-state index in [2.05, 4.69) is 42.7 Å². The smallest absolute Gasteiger partial charge is 0.472 e. The van der Waals surface area contributed by atoms with E-state index >= 15 is 0 Å². The Labute approximate surface area is 353 Å². The van der Waals surface area contributed by atoms with E-state index in [-0.39, 0.29) is 19.4 Å². The summed E-state index contributed by atoms with van der Waals surface area (Å²) >= 11 is 0. The molecule has 0 saturated carbocycles. The number of allylic oxidation sites excluding steroid dienone is 4. The lowest BCUT2D eigenvalue weighted by Gasteiger charge is -2.20. The Morgan fingerprint density at radius 2 is 0.914 bits per heavy atom. The Bertz CT molecular complexity index is 1080. The average molecular weight is 844 g/mol. The maximum absolute atomic E-state index is 12.6. The number of rotatable bonds is 44. The summed E-state index contributed by atoms with van der Waals surface area (Å²) < 4.78 is 32.7. The van der Waals surface area contributed by atoms with E-state index in [1.54, 1.807) is 0 Å². The average Bonchev–Trinajstić information content (AvgIpc) is 3.20. The zero-order valence-electron chi connectivity index (χ0n) is 36.9. The molecule has 0 heterocycles. The molecule has 340 valence electrons. The van der Waals surface area contributed by atoms with Gasteiger partial charge in [-0.2, -0.15) is 0 Å². The lowest BCUT2D eigenvalue weighted by Crippen LogP contribution is -2.34. The molecule has 0 aliphatic heterocycles. The lowest BCUT2D eigenvalue weighted by atomic mass is 10.0. The summed E-state index contributed by atoms with van der Waals surface area (Å²) in [6, 6.07) is -1.52. The van der Waals surface area contributed by atoms with Crippen molar-refractivity contribution in [3.63, 3.8) is 0 Å².